The van der Waals surface area contributed by atoms with Crippen LogP contribution in [0.1, 0.15) is 25.7 Å². The van der Waals surface area contributed by atoms with E-state index in [1.165, 1.54) is 0 Å². The molecule has 0 amide bonds. The Kier molecular flexibility index (Phi) is 23.2. The number of hydrogen-bond acceptors (Lipinski definition) is 15. The lowest BCUT2D eigenvalue weighted by atomic mass is 10.2. The van der Waals surface area contributed by atoms with Crippen LogP contribution >= 0.6 is 0 Å². The van der Waals surface area contributed by atoms with Crippen LogP contribution in [0.2, 0.25) is 0 Å². The van der Waals surface area contributed by atoms with Crippen LogP contribution in [0.4, 0.5) is 87.8 Å². The topological polar surface area (TPSA) is 193 Å². The van der Waals surface area contributed by atoms with E-state index in [4.69, 9.17) is 10.2 Å². The molecule has 0 saturated heterocycles. The number of rotatable bonds is 36. The quantitative estimate of drug-likeness (QED) is 0.0431. The van der Waals surface area contributed by atoms with Gasteiger partial charge in [-0.2, -0.15) is 70.2 Å². The maximum Gasteiger partial charge on any atom is 0.495 e. The zero-order valence-corrected chi connectivity index (χ0v) is 30.5. The Morgan fingerprint density at radius 2 is 0.548 bits per heavy atom. The summed E-state index contributed by atoms with van der Waals surface area (Å²) in [5.74, 6) is 0. The van der Waals surface area contributed by atoms with Crippen LogP contribution in [0.15, 0.2) is 0 Å². The van der Waals surface area contributed by atoms with E-state index < -0.39 is 146 Å². The minimum Gasteiger partial charge on any atom is -0.396 e. The van der Waals surface area contributed by atoms with Crippen LogP contribution < -0.4 is 0 Å². The van der Waals surface area contributed by atoms with Crippen LogP contribution in [0, 0.1) is 0 Å². The lowest BCUT2D eigenvalue weighted by Gasteiger charge is -2.32. The van der Waals surface area contributed by atoms with E-state index in [-0.39, 0.29) is 25.7 Å². The van der Waals surface area contributed by atoms with Gasteiger partial charge < -0.3 is 44.5 Å². The molecule has 3 atom stereocenters. The largest absolute Gasteiger partial charge is 0.495 e. The highest BCUT2D eigenvalue weighted by molar-refractivity contribution is 4.73. The van der Waals surface area contributed by atoms with Crippen molar-refractivity contribution in [1.29, 1.82) is 0 Å². The fourth-order valence-corrected chi connectivity index (χ4v) is 3.54. The van der Waals surface area contributed by atoms with Gasteiger partial charge in [0.25, 0.3) is 0 Å². The van der Waals surface area contributed by atoms with Crippen molar-refractivity contribution < 1.29 is 161 Å². The van der Waals surface area contributed by atoms with Crippen molar-refractivity contribution in [2.24, 2.45) is 0 Å². The summed E-state index contributed by atoms with van der Waals surface area (Å²) in [6.45, 7) is -16.4. The highest BCUT2D eigenvalue weighted by atomic mass is 19.4. The van der Waals surface area contributed by atoms with Crippen LogP contribution in [-0.4, -0.2) is 171 Å². The summed E-state index contributed by atoms with van der Waals surface area (Å²) in [6, 6.07) is 0. The molecule has 0 aliphatic rings. The minimum atomic E-state index is -6.96. The molecule has 0 bridgehead atoms. The van der Waals surface area contributed by atoms with Crippen molar-refractivity contribution in [2.75, 3.05) is 66.1 Å². The van der Waals surface area contributed by atoms with Gasteiger partial charge in [0, 0.05) is 13.2 Å². The van der Waals surface area contributed by atoms with Crippen LogP contribution in [0.5, 0.6) is 0 Å². The predicted molar refractivity (Wildman–Crippen MR) is 150 cm³/mol. The third kappa shape index (κ3) is 24.3. The molecule has 0 spiro atoms. The molecule has 62 heavy (non-hydrogen) atoms. The number of aliphatic hydroxyl groups excluding tert-OH is 5. The summed E-state index contributed by atoms with van der Waals surface area (Å²) in [6.07, 6.45) is -69.1. The normalized spacial score (nSPS) is 16.2. The maximum atomic E-state index is 13.8. The van der Waals surface area contributed by atoms with E-state index in [0.717, 1.165) is 0 Å². The van der Waals surface area contributed by atoms with Crippen molar-refractivity contribution >= 4 is 0 Å². The number of aliphatic hydroxyl groups is 5. The molecule has 0 aromatic carbocycles. The zero-order chi connectivity index (χ0) is 48.7. The smallest absolute Gasteiger partial charge is 0.396 e. The van der Waals surface area contributed by atoms with Crippen molar-refractivity contribution in [2.45, 2.75) is 105 Å². The van der Waals surface area contributed by atoms with Gasteiger partial charge in [-0.15, -0.1) is 17.6 Å². The van der Waals surface area contributed by atoms with Gasteiger partial charge in [0.05, 0.1) is 38.6 Å². The van der Waals surface area contributed by atoms with Crippen LogP contribution in [0.25, 0.3) is 0 Å². The van der Waals surface area contributed by atoms with Crippen LogP contribution in [-0.2, 0) is 47.4 Å². The lowest BCUT2D eigenvalue weighted by Crippen LogP contribution is -2.54. The van der Waals surface area contributed by atoms with E-state index in [2.05, 4.69) is 47.4 Å². The predicted octanol–water partition coefficient (Wildman–Crippen LogP) is 4.62. The first kappa shape index (κ1) is 60.0. The number of alkyl halides is 20. The SMILES string of the molecule is OCCCC(O)COCC(F)(F)OC(F)(F)OC(F)(F)C(F)(F)OC(F)(F)COCC(O)COCC(F)(F)OC(F)(F)OC(F)(F)C(F)(F)OC(F)(F)COCC(O)CCCO. The summed E-state index contributed by atoms with van der Waals surface area (Å²) in [5, 5.41) is 45.2. The Morgan fingerprint density at radius 1 is 0.323 bits per heavy atom. The molecule has 374 valence electrons. The second-order valence-corrected chi connectivity index (χ2v) is 11.9. The fraction of sp³-hybridized carbons (Fsp3) is 1.00. The molecule has 0 radical (unpaired) electrons. The lowest BCUT2D eigenvalue weighted by molar-refractivity contribution is -0.567. The average molecular weight is 981 g/mol. The monoisotopic (exact) mass is 980 g/mol. The first-order chi connectivity index (χ1) is 27.8. The number of hydrogen-bond donors (Lipinski definition) is 5. The highest BCUT2D eigenvalue weighted by Crippen LogP contribution is 2.46. The molecule has 5 N–H and O–H groups in total. The Labute approximate surface area is 333 Å². The molecule has 0 saturated carbocycles. The third-order valence-electron chi connectivity index (χ3n) is 5.98. The molecule has 0 aliphatic heterocycles. The third-order valence-corrected chi connectivity index (χ3v) is 5.98. The fourth-order valence-electron chi connectivity index (χ4n) is 3.54. The van der Waals surface area contributed by atoms with Crippen molar-refractivity contribution in [3.8, 4) is 0 Å². The summed E-state index contributed by atoms with van der Waals surface area (Å²) >= 11 is 0. The second kappa shape index (κ2) is 24.0. The molecule has 35 heteroatoms. The summed E-state index contributed by atoms with van der Waals surface area (Å²) < 4.78 is 303. The van der Waals surface area contributed by atoms with E-state index in [0.29, 0.717) is 0 Å². The Balaban J connectivity index is 5.06. The molecular weight excluding hydrogens is 944 g/mol. The summed E-state index contributed by atoms with van der Waals surface area (Å²) in [7, 11) is 0. The van der Waals surface area contributed by atoms with E-state index in [1.54, 1.807) is 0 Å². The van der Waals surface area contributed by atoms with Gasteiger partial charge in [-0.05, 0) is 25.7 Å². The molecule has 0 rings (SSSR count). The van der Waals surface area contributed by atoms with Gasteiger partial charge in [-0.1, -0.05) is 0 Å². The molecule has 0 aliphatic carbocycles. The Morgan fingerprint density at radius 3 is 0.806 bits per heavy atom. The van der Waals surface area contributed by atoms with Gasteiger partial charge >= 0.3 is 61.5 Å². The molecule has 0 aromatic heterocycles. The Bertz CT molecular complexity index is 1270. The molecular formula is C27H36F20O15. The standard InChI is InChI=1S/C27H36F20O15/c28-18(29,11-53-7-15(50)3-1-5-48)57-22(36,37)24(40,41)62-27(46,47)60-21(34,35)14-56-10-17(52)9-55-12-19(30,31)58-23(38,39)25(42,43)61-26(44,45)59-20(32,33)13-54-8-16(51)4-2-6-49/h15-17,48-52H,1-14H2. The number of halogens is 20. The molecule has 15 nitrogen and oxygen atoms in total. The van der Waals surface area contributed by atoms with Crippen molar-refractivity contribution in [3.63, 3.8) is 0 Å². The van der Waals surface area contributed by atoms with E-state index in [9.17, 15) is 103 Å². The number of ether oxygens (including phenoxy) is 10. The first-order valence-corrected chi connectivity index (χ1v) is 16.3. The Hall–Kier alpha value is -2.00. The van der Waals surface area contributed by atoms with Crippen molar-refractivity contribution in [3.05, 3.63) is 0 Å². The maximum absolute atomic E-state index is 13.8. The van der Waals surface area contributed by atoms with Crippen LogP contribution in [0.3, 0.4) is 0 Å². The first-order valence-electron chi connectivity index (χ1n) is 16.3. The van der Waals surface area contributed by atoms with E-state index >= 15 is 0 Å². The molecule has 0 aromatic rings. The van der Waals surface area contributed by atoms with Crippen molar-refractivity contribution in [1.82, 2.24) is 0 Å². The molecule has 0 fully saturated rings. The van der Waals surface area contributed by atoms with Gasteiger partial charge in [0.1, 0.15) is 32.5 Å². The van der Waals surface area contributed by atoms with Gasteiger partial charge in [0.2, 0.25) is 0 Å². The van der Waals surface area contributed by atoms with Gasteiger partial charge in [-0.3, -0.25) is 0 Å². The molecule has 3 unspecified atom stereocenters. The summed E-state index contributed by atoms with van der Waals surface area (Å²) in [5.41, 5.74) is 0. The van der Waals surface area contributed by atoms with Gasteiger partial charge in [0.15, 0.2) is 0 Å². The highest BCUT2D eigenvalue weighted by Gasteiger charge is 2.70. The van der Waals surface area contributed by atoms with Gasteiger partial charge in [-0.25, -0.2) is 28.4 Å². The minimum absolute atomic E-state index is 0.0863. The molecule has 0 heterocycles. The van der Waals surface area contributed by atoms with E-state index in [1.807, 2.05) is 0 Å². The second-order valence-electron chi connectivity index (χ2n) is 11.9. The summed E-state index contributed by atoms with van der Waals surface area (Å²) in [4.78, 5) is 0. The zero-order valence-electron chi connectivity index (χ0n) is 30.5. The average Bonchev–Trinajstić information content (AvgIpc) is 3.02.